The summed E-state index contributed by atoms with van der Waals surface area (Å²) in [5.41, 5.74) is 10.2. The number of rotatable bonds is 6. The van der Waals surface area contributed by atoms with E-state index in [1.165, 1.54) is 27.3 Å². The quantitative estimate of drug-likeness (QED) is 0.215. The third-order valence-electron chi connectivity index (χ3n) is 8.55. The molecule has 214 valence electrons. The molecule has 0 radical (unpaired) electrons. The van der Waals surface area contributed by atoms with Crippen molar-refractivity contribution in [3.05, 3.63) is 80.8 Å². The maximum absolute atomic E-state index is 11.4. The Morgan fingerprint density at radius 3 is 2.57 bits per heavy atom. The van der Waals surface area contributed by atoms with E-state index in [1.54, 1.807) is 11.3 Å². The van der Waals surface area contributed by atoms with Gasteiger partial charge in [-0.25, -0.2) is 9.97 Å². The lowest BCUT2D eigenvalue weighted by Crippen LogP contribution is -2.22. The van der Waals surface area contributed by atoms with E-state index >= 15 is 0 Å². The van der Waals surface area contributed by atoms with Gasteiger partial charge >= 0.3 is 5.97 Å². The van der Waals surface area contributed by atoms with Crippen molar-refractivity contribution >= 4 is 40.0 Å². The maximum Gasteiger partial charge on any atom is 0.307 e. The van der Waals surface area contributed by atoms with E-state index in [-0.39, 0.29) is 5.92 Å². The second kappa shape index (κ2) is 10.9. The SMILES string of the molecule is Cc1c(-c2nc3cc(CN4CCC(C(=O)O)C4)cc(Cl)c3o2)cccc1-c1cccc(-c2nc3c(s2)CNCC3)c1C. The molecule has 7 nitrogen and oxygen atoms in total. The molecule has 42 heavy (non-hydrogen) atoms. The lowest BCUT2D eigenvalue weighted by molar-refractivity contribution is -0.141. The second-order valence-corrected chi connectivity index (χ2v) is 12.8. The standard InChI is InChI=1S/C33H31ClN4O3S/c1-18-22(23-6-4-8-25(19(23)2)32-37-27-9-11-35-15-29(27)42-32)5-3-7-24(18)31-36-28-14-20(13-26(34)30(28)41-31)16-38-12-10-21(17-38)33(39)40/h3-8,13-14,21,35H,9-12,15-17H2,1-2H3,(H,39,40). The first-order valence-corrected chi connectivity index (χ1v) is 15.5. The molecule has 1 fully saturated rings. The first-order valence-electron chi connectivity index (χ1n) is 14.3. The summed E-state index contributed by atoms with van der Waals surface area (Å²) in [6.07, 6.45) is 1.64. The number of aliphatic carboxylic acids is 1. The molecule has 5 aromatic rings. The van der Waals surface area contributed by atoms with E-state index in [0.29, 0.717) is 41.5 Å². The number of aromatic nitrogens is 2. The van der Waals surface area contributed by atoms with Crippen molar-refractivity contribution in [2.45, 2.75) is 39.8 Å². The number of halogens is 1. The van der Waals surface area contributed by atoms with Gasteiger partial charge in [-0.15, -0.1) is 11.3 Å². The number of thiazole rings is 1. The van der Waals surface area contributed by atoms with Gasteiger partial charge in [0.2, 0.25) is 5.89 Å². The fourth-order valence-corrected chi connectivity index (χ4v) is 7.68. The molecule has 1 saturated heterocycles. The van der Waals surface area contributed by atoms with Crippen LogP contribution in [0.2, 0.25) is 5.02 Å². The Bertz CT molecular complexity index is 1820. The molecule has 0 amide bonds. The van der Waals surface area contributed by atoms with Crippen LogP contribution >= 0.6 is 22.9 Å². The maximum atomic E-state index is 11.4. The molecule has 2 aromatic heterocycles. The molecule has 4 heterocycles. The number of oxazole rings is 1. The Balaban J connectivity index is 1.21. The predicted octanol–water partition coefficient (Wildman–Crippen LogP) is 7.11. The first kappa shape index (κ1) is 27.3. The largest absolute Gasteiger partial charge is 0.481 e. The number of nitrogens with one attached hydrogen (secondary N) is 1. The third-order valence-corrected chi connectivity index (χ3v) is 9.96. The summed E-state index contributed by atoms with van der Waals surface area (Å²) >= 11 is 8.46. The van der Waals surface area contributed by atoms with Crippen molar-refractivity contribution < 1.29 is 14.3 Å². The number of fused-ring (bicyclic) bond motifs is 2. The van der Waals surface area contributed by atoms with Gasteiger partial charge in [0.05, 0.1) is 16.6 Å². The van der Waals surface area contributed by atoms with Gasteiger partial charge in [-0.1, -0.05) is 41.9 Å². The smallest absolute Gasteiger partial charge is 0.307 e. The van der Waals surface area contributed by atoms with Crippen LogP contribution in [-0.2, 0) is 24.3 Å². The molecule has 0 spiro atoms. The van der Waals surface area contributed by atoms with E-state index in [4.69, 9.17) is 26.0 Å². The number of likely N-dealkylation sites (tertiary alicyclic amines) is 1. The van der Waals surface area contributed by atoms with Crippen LogP contribution in [0.3, 0.4) is 0 Å². The minimum absolute atomic E-state index is 0.313. The molecule has 1 unspecified atom stereocenters. The van der Waals surface area contributed by atoms with Crippen LogP contribution in [0.15, 0.2) is 52.9 Å². The van der Waals surface area contributed by atoms with Gasteiger partial charge in [0, 0.05) is 48.6 Å². The zero-order valence-corrected chi connectivity index (χ0v) is 25.1. The van der Waals surface area contributed by atoms with Crippen LogP contribution in [0, 0.1) is 19.8 Å². The minimum Gasteiger partial charge on any atom is -0.481 e. The summed E-state index contributed by atoms with van der Waals surface area (Å²) in [6.45, 7) is 8.09. The number of hydrogen-bond donors (Lipinski definition) is 2. The minimum atomic E-state index is -0.730. The number of hydrogen-bond acceptors (Lipinski definition) is 7. The molecule has 9 heteroatoms. The van der Waals surface area contributed by atoms with E-state index in [0.717, 1.165) is 53.3 Å². The van der Waals surface area contributed by atoms with Crippen molar-refractivity contribution in [3.8, 4) is 33.2 Å². The van der Waals surface area contributed by atoms with Crippen molar-refractivity contribution in [1.29, 1.82) is 0 Å². The van der Waals surface area contributed by atoms with Crippen molar-refractivity contribution in [3.63, 3.8) is 0 Å². The van der Waals surface area contributed by atoms with Crippen LogP contribution in [0.4, 0.5) is 0 Å². The van der Waals surface area contributed by atoms with Crippen molar-refractivity contribution in [1.82, 2.24) is 20.2 Å². The molecule has 7 rings (SSSR count). The molecule has 2 N–H and O–H groups in total. The molecule has 2 aliphatic heterocycles. The zero-order chi connectivity index (χ0) is 29.0. The van der Waals surface area contributed by atoms with Gasteiger partial charge in [0.15, 0.2) is 5.58 Å². The number of carboxylic acid groups (broad SMARTS) is 1. The van der Waals surface area contributed by atoms with Gasteiger partial charge in [0.25, 0.3) is 0 Å². The summed E-state index contributed by atoms with van der Waals surface area (Å²) in [7, 11) is 0. The summed E-state index contributed by atoms with van der Waals surface area (Å²) in [5, 5.41) is 14.4. The highest BCUT2D eigenvalue weighted by Gasteiger charge is 2.28. The fraction of sp³-hybridized carbons (Fsp3) is 0.303. The fourth-order valence-electron chi connectivity index (χ4n) is 6.25. The van der Waals surface area contributed by atoms with Gasteiger partial charge in [0.1, 0.15) is 10.5 Å². The lowest BCUT2D eigenvalue weighted by Gasteiger charge is -2.15. The summed E-state index contributed by atoms with van der Waals surface area (Å²) in [6, 6.07) is 16.6. The van der Waals surface area contributed by atoms with Crippen LogP contribution in [0.1, 0.15) is 33.7 Å². The molecule has 0 aliphatic carbocycles. The van der Waals surface area contributed by atoms with E-state index in [1.807, 2.05) is 24.3 Å². The zero-order valence-electron chi connectivity index (χ0n) is 23.5. The number of nitrogens with zero attached hydrogens (tertiary/aromatic N) is 3. The van der Waals surface area contributed by atoms with Gasteiger partial charge in [-0.2, -0.15) is 0 Å². The number of benzene rings is 3. The van der Waals surface area contributed by atoms with Crippen molar-refractivity contribution in [2.75, 3.05) is 19.6 Å². The Kier molecular flexibility index (Phi) is 7.10. The molecule has 3 aromatic carbocycles. The summed E-state index contributed by atoms with van der Waals surface area (Å²) < 4.78 is 6.25. The average molecular weight is 599 g/mol. The van der Waals surface area contributed by atoms with Crippen molar-refractivity contribution in [2.24, 2.45) is 5.92 Å². The van der Waals surface area contributed by atoms with Crippen LogP contribution in [0.5, 0.6) is 0 Å². The molecular formula is C33H31ClN4O3S. The Morgan fingerprint density at radius 2 is 1.83 bits per heavy atom. The number of carbonyl (C=O) groups is 1. The van der Waals surface area contributed by atoms with Crippen LogP contribution in [0.25, 0.3) is 44.3 Å². The monoisotopic (exact) mass is 598 g/mol. The topological polar surface area (TPSA) is 91.5 Å². The molecule has 0 bridgehead atoms. The Labute approximate surface area is 253 Å². The van der Waals surface area contributed by atoms with Gasteiger partial charge in [-0.3, -0.25) is 9.69 Å². The number of carboxylic acids is 1. The summed E-state index contributed by atoms with van der Waals surface area (Å²) in [5.74, 6) is -0.512. The first-order chi connectivity index (χ1) is 20.4. The second-order valence-electron chi connectivity index (χ2n) is 11.3. The van der Waals surface area contributed by atoms with Crippen LogP contribution in [-0.4, -0.2) is 45.6 Å². The Hall–Kier alpha value is -3.56. The predicted molar refractivity (Wildman–Crippen MR) is 167 cm³/mol. The van der Waals surface area contributed by atoms with E-state index < -0.39 is 5.97 Å². The Morgan fingerprint density at radius 1 is 1.10 bits per heavy atom. The lowest BCUT2D eigenvalue weighted by atomic mass is 9.91. The molecular weight excluding hydrogens is 568 g/mol. The highest BCUT2D eigenvalue weighted by molar-refractivity contribution is 7.15. The molecule has 2 aliphatic rings. The highest BCUT2D eigenvalue weighted by Crippen LogP contribution is 2.39. The van der Waals surface area contributed by atoms with E-state index in [2.05, 4.69) is 48.3 Å². The molecule has 0 saturated carbocycles. The van der Waals surface area contributed by atoms with Gasteiger partial charge < -0.3 is 14.8 Å². The van der Waals surface area contributed by atoms with E-state index in [9.17, 15) is 9.90 Å². The summed E-state index contributed by atoms with van der Waals surface area (Å²) in [4.78, 5) is 24.7. The average Bonchev–Trinajstić information content (AvgIpc) is 3.72. The molecule has 1 atom stereocenters. The highest BCUT2D eigenvalue weighted by atomic mass is 35.5. The van der Waals surface area contributed by atoms with Gasteiger partial charge in [-0.05, 0) is 72.8 Å². The normalized spacial score (nSPS) is 17.2. The van der Waals surface area contributed by atoms with Crippen LogP contribution < -0.4 is 5.32 Å². The third kappa shape index (κ3) is 4.92.